The molecule has 17 nitrogen and oxygen atoms in total. The summed E-state index contributed by atoms with van der Waals surface area (Å²) < 4.78 is 49.5. The van der Waals surface area contributed by atoms with Crippen LogP contribution in [0.25, 0.3) is 11.0 Å². The SMILES string of the molecule is CC(C)c1ccccc1[C@H]1COC[C@H](C)N1C1CC2(CCN(c3ccc(C(=O)NS(=O)(=O)c4ccc(NC[C@H]5CC[C@](C)(O)CC5)c([N+](=O)[O-])c4)c(N4c5cc6cc[nH]c6nc5O[C@@H]5CCOC[C@H]54)c3)CC2)C1. The number of morpholine rings is 1. The smallest absolute Gasteiger partial charge is 0.293 e. The van der Waals surface area contributed by atoms with Gasteiger partial charge in [-0.3, -0.25) is 19.8 Å². The number of carbonyl (C=O) groups is 1. The third kappa shape index (κ3) is 9.65. The highest BCUT2D eigenvalue weighted by atomic mass is 32.2. The normalized spacial score (nSPS) is 26.5. The van der Waals surface area contributed by atoms with E-state index in [4.69, 9.17) is 19.2 Å². The van der Waals surface area contributed by atoms with E-state index in [1.54, 1.807) is 6.07 Å². The summed E-state index contributed by atoms with van der Waals surface area (Å²) in [7, 11) is -4.63. The average molecular weight is 1020 g/mol. The lowest BCUT2D eigenvalue weighted by Crippen LogP contribution is -2.60. The van der Waals surface area contributed by atoms with Crippen molar-refractivity contribution in [3.63, 3.8) is 0 Å². The van der Waals surface area contributed by atoms with Gasteiger partial charge in [-0.1, -0.05) is 38.1 Å². The number of nitrogens with one attached hydrogen (secondary N) is 3. The Morgan fingerprint density at radius 1 is 0.959 bits per heavy atom. The molecule has 2 saturated carbocycles. The fraction of sp³-hybridized carbons (Fsp3) is 0.527. The summed E-state index contributed by atoms with van der Waals surface area (Å²) >= 11 is 0. The zero-order chi connectivity index (χ0) is 50.8. The third-order valence-corrected chi connectivity index (χ3v) is 18.3. The summed E-state index contributed by atoms with van der Waals surface area (Å²) in [5.41, 5.74) is 4.77. The molecule has 0 unspecified atom stereocenters. The van der Waals surface area contributed by atoms with E-state index in [2.05, 4.69) is 69.9 Å². The number of nitro groups is 1. The highest BCUT2D eigenvalue weighted by Crippen LogP contribution is 2.54. The number of carbonyl (C=O) groups excluding carboxylic acids is 1. The molecule has 0 bridgehead atoms. The van der Waals surface area contributed by atoms with Crippen molar-refractivity contribution < 1.29 is 37.5 Å². The van der Waals surface area contributed by atoms with Gasteiger partial charge < -0.3 is 39.4 Å². The van der Waals surface area contributed by atoms with Crippen LogP contribution in [0.15, 0.2) is 83.9 Å². The van der Waals surface area contributed by atoms with Crippen molar-refractivity contribution in [1.29, 1.82) is 0 Å². The molecular formula is C55H68N8O9S. The van der Waals surface area contributed by atoms with Crippen molar-refractivity contribution in [2.24, 2.45) is 11.3 Å². The number of aromatic amines is 1. The van der Waals surface area contributed by atoms with Crippen LogP contribution in [0.3, 0.4) is 0 Å². The monoisotopic (exact) mass is 1020 g/mol. The molecule has 3 aromatic carbocycles. The number of fused-ring (bicyclic) bond motifs is 3. The minimum atomic E-state index is -4.63. The van der Waals surface area contributed by atoms with Gasteiger partial charge >= 0.3 is 0 Å². The molecule has 18 heteroatoms. The van der Waals surface area contributed by atoms with Crippen molar-refractivity contribution in [1.82, 2.24) is 19.6 Å². The standard InChI is InChI=1S/C55H68N8O9S/c1-34(2)41-7-5-6-8-42(41)48-32-71-31-35(3)61(48)39-28-55(29-39)19-22-60(23-20-55)38-9-11-43(45(26-38)62-47-25-37-15-21-56-51(37)58-53(47)72-50-16-24-70-33-49(50)62)52(64)59-73(68,69)40-10-12-44(46(27-40)63(66)67)57-30-36-13-17-54(4,65)18-14-36/h5-12,15,21,25-27,34-36,39,48-50,57,65H,13-14,16-20,22-24,28-33H2,1-4H3,(H,56,58)(H,59,64)/t35-,36-,48+,49+,50+,54-/m0/s1. The number of piperidine rings is 1. The molecule has 3 saturated heterocycles. The second-order valence-electron chi connectivity index (χ2n) is 22.3. The van der Waals surface area contributed by atoms with E-state index < -0.39 is 37.0 Å². The first-order chi connectivity index (χ1) is 35.1. The van der Waals surface area contributed by atoms with Crippen molar-refractivity contribution >= 4 is 55.4 Å². The number of H-pyrrole nitrogens is 1. The Labute approximate surface area is 427 Å². The number of amides is 1. The number of anilines is 4. The summed E-state index contributed by atoms with van der Waals surface area (Å²) in [5, 5.41) is 26.8. The van der Waals surface area contributed by atoms with E-state index in [0.29, 0.717) is 86.5 Å². The number of rotatable bonds is 12. The van der Waals surface area contributed by atoms with E-state index >= 15 is 0 Å². The summed E-state index contributed by atoms with van der Waals surface area (Å²) in [4.78, 5) is 41.3. The molecule has 6 heterocycles. The van der Waals surface area contributed by atoms with E-state index in [0.717, 1.165) is 75.4 Å². The van der Waals surface area contributed by atoms with Crippen LogP contribution in [0.2, 0.25) is 0 Å². The minimum absolute atomic E-state index is 0.0986. The summed E-state index contributed by atoms with van der Waals surface area (Å²) in [6.45, 7) is 12.9. The van der Waals surface area contributed by atoms with Crippen LogP contribution in [0, 0.1) is 21.4 Å². The predicted octanol–water partition coefficient (Wildman–Crippen LogP) is 8.97. The molecule has 2 aromatic heterocycles. The van der Waals surface area contributed by atoms with Gasteiger partial charge in [0.1, 0.15) is 23.1 Å². The van der Waals surface area contributed by atoms with Gasteiger partial charge in [-0.25, -0.2) is 13.1 Å². The van der Waals surface area contributed by atoms with Crippen LogP contribution in [0.5, 0.6) is 5.88 Å². The molecule has 11 rings (SSSR count). The molecule has 4 aliphatic heterocycles. The quantitative estimate of drug-likeness (QED) is 0.0681. The Morgan fingerprint density at radius 3 is 2.51 bits per heavy atom. The number of pyridine rings is 1. The summed E-state index contributed by atoms with van der Waals surface area (Å²) in [6, 6.07) is 22.5. The Balaban J connectivity index is 0.867. The average Bonchev–Trinajstić information content (AvgIpc) is 3.83. The van der Waals surface area contributed by atoms with E-state index in [9.17, 15) is 28.4 Å². The second kappa shape index (κ2) is 19.5. The lowest BCUT2D eigenvalue weighted by Gasteiger charge is -2.59. The highest BCUT2D eigenvalue weighted by molar-refractivity contribution is 7.90. The van der Waals surface area contributed by atoms with Crippen LogP contribution in [-0.4, -0.2) is 115 Å². The van der Waals surface area contributed by atoms with Crippen LogP contribution in [0.4, 0.5) is 28.4 Å². The maximum Gasteiger partial charge on any atom is 0.293 e. The van der Waals surface area contributed by atoms with Crippen molar-refractivity contribution in [2.75, 3.05) is 61.2 Å². The zero-order valence-electron chi connectivity index (χ0n) is 42.2. The van der Waals surface area contributed by atoms with E-state index in [1.807, 2.05) is 42.3 Å². The number of aromatic nitrogens is 2. The molecule has 6 aliphatic rings. The Bertz CT molecular complexity index is 2990. The number of benzene rings is 3. The first-order valence-electron chi connectivity index (χ1n) is 26.2. The number of hydrogen-bond donors (Lipinski definition) is 4. The molecular weight excluding hydrogens is 949 g/mol. The van der Waals surface area contributed by atoms with Gasteiger partial charge in [-0.2, -0.15) is 4.98 Å². The maximum atomic E-state index is 14.7. The molecule has 2 aliphatic carbocycles. The van der Waals surface area contributed by atoms with E-state index in [1.165, 1.54) is 23.3 Å². The second-order valence-corrected chi connectivity index (χ2v) is 23.9. The maximum absolute atomic E-state index is 14.7. The molecule has 0 radical (unpaired) electrons. The highest BCUT2D eigenvalue weighted by Gasteiger charge is 2.51. The fourth-order valence-electron chi connectivity index (χ4n) is 12.8. The first-order valence-corrected chi connectivity index (χ1v) is 27.7. The lowest BCUT2D eigenvalue weighted by atomic mass is 9.59. The van der Waals surface area contributed by atoms with Crippen molar-refractivity contribution in [3.8, 4) is 5.88 Å². The Hall–Kier alpha value is -5.79. The molecule has 5 fully saturated rings. The summed E-state index contributed by atoms with van der Waals surface area (Å²) in [6.07, 6.45) is 9.14. The van der Waals surface area contributed by atoms with Gasteiger partial charge in [0.05, 0.1) is 65.2 Å². The number of nitrogens with zero attached hydrogens (tertiary/aromatic N) is 5. The molecule has 4 N–H and O–H groups in total. The molecule has 73 heavy (non-hydrogen) atoms. The largest absolute Gasteiger partial charge is 0.470 e. The van der Waals surface area contributed by atoms with Crippen LogP contribution >= 0.6 is 0 Å². The van der Waals surface area contributed by atoms with Crippen molar-refractivity contribution in [3.05, 3.63) is 106 Å². The molecule has 1 amide bonds. The van der Waals surface area contributed by atoms with Gasteiger partial charge in [0.15, 0.2) is 0 Å². The number of ether oxygens (including phenoxy) is 3. The summed E-state index contributed by atoms with van der Waals surface area (Å²) in [5.74, 6) is 0.118. The van der Waals surface area contributed by atoms with E-state index in [-0.39, 0.29) is 40.8 Å². The third-order valence-electron chi connectivity index (χ3n) is 17.0. The fourth-order valence-corrected chi connectivity index (χ4v) is 13.8. The Kier molecular flexibility index (Phi) is 13.2. The Morgan fingerprint density at radius 2 is 1.74 bits per heavy atom. The van der Waals surface area contributed by atoms with Gasteiger partial charge in [0.2, 0.25) is 5.88 Å². The number of aliphatic hydroxyl groups is 1. The molecule has 388 valence electrons. The predicted molar refractivity (Wildman–Crippen MR) is 279 cm³/mol. The van der Waals surface area contributed by atoms with Gasteiger partial charge in [-0.15, -0.1) is 0 Å². The molecule has 1 spiro atoms. The van der Waals surface area contributed by atoms with Gasteiger partial charge in [-0.05, 0) is 136 Å². The van der Waals surface area contributed by atoms with Crippen molar-refractivity contribution in [2.45, 2.75) is 132 Å². The molecule has 5 aromatic rings. The van der Waals surface area contributed by atoms with Gasteiger partial charge in [0, 0.05) is 61.5 Å². The minimum Gasteiger partial charge on any atom is -0.470 e. The lowest BCUT2D eigenvalue weighted by molar-refractivity contribution is -0.384. The first kappa shape index (κ1) is 49.4. The topological polar surface area (TPSA) is 205 Å². The van der Waals surface area contributed by atoms with Crippen LogP contribution < -0.4 is 24.6 Å². The number of hydrogen-bond acceptors (Lipinski definition) is 14. The molecule has 4 atom stereocenters. The zero-order valence-corrected chi connectivity index (χ0v) is 43.0. The van der Waals surface area contributed by atoms with Crippen LogP contribution in [0.1, 0.15) is 119 Å². The van der Waals surface area contributed by atoms with Crippen LogP contribution in [-0.2, 0) is 19.5 Å². The number of nitro benzene ring substituents is 1. The van der Waals surface area contributed by atoms with Gasteiger partial charge in [0.25, 0.3) is 21.6 Å². The number of sulfonamides is 1.